The Morgan fingerprint density at radius 3 is 3.00 bits per heavy atom. The van der Waals surface area contributed by atoms with Gasteiger partial charge in [-0.3, -0.25) is 9.89 Å². The van der Waals surface area contributed by atoms with Gasteiger partial charge in [-0.2, -0.15) is 5.10 Å². The number of H-pyrrole nitrogens is 1. The van der Waals surface area contributed by atoms with Gasteiger partial charge in [0, 0.05) is 0 Å². The SMILES string of the molecule is COc1ccc(CC(=O)NCc2ncn[nH]2)cc1F. The molecular formula is C12H13FN4O2. The molecule has 0 saturated carbocycles. The third kappa shape index (κ3) is 3.51. The zero-order chi connectivity index (χ0) is 13.7. The minimum Gasteiger partial charge on any atom is -0.494 e. The van der Waals surface area contributed by atoms with E-state index in [1.165, 1.54) is 25.6 Å². The molecule has 100 valence electrons. The zero-order valence-electron chi connectivity index (χ0n) is 10.3. The first kappa shape index (κ1) is 13.0. The third-order valence-electron chi connectivity index (χ3n) is 2.50. The number of aromatic amines is 1. The molecule has 0 atom stereocenters. The van der Waals surface area contributed by atoms with Crippen LogP contribution in [0.2, 0.25) is 0 Å². The Hall–Kier alpha value is -2.44. The number of amides is 1. The van der Waals surface area contributed by atoms with E-state index < -0.39 is 5.82 Å². The first-order valence-electron chi connectivity index (χ1n) is 5.62. The third-order valence-corrected chi connectivity index (χ3v) is 2.50. The molecule has 0 unspecified atom stereocenters. The van der Waals surface area contributed by atoms with Gasteiger partial charge in [0.25, 0.3) is 0 Å². The number of hydrogen-bond acceptors (Lipinski definition) is 4. The van der Waals surface area contributed by atoms with Crippen LogP contribution in [-0.4, -0.2) is 28.2 Å². The zero-order valence-corrected chi connectivity index (χ0v) is 10.3. The lowest BCUT2D eigenvalue weighted by atomic mass is 10.1. The van der Waals surface area contributed by atoms with Gasteiger partial charge in [-0.1, -0.05) is 6.07 Å². The number of hydrogen-bond donors (Lipinski definition) is 2. The molecule has 1 aromatic carbocycles. The molecule has 7 heteroatoms. The summed E-state index contributed by atoms with van der Waals surface area (Å²) in [6, 6.07) is 4.43. The highest BCUT2D eigenvalue weighted by atomic mass is 19.1. The van der Waals surface area contributed by atoms with Crippen LogP contribution in [0.1, 0.15) is 11.4 Å². The molecule has 2 N–H and O–H groups in total. The first-order chi connectivity index (χ1) is 9.19. The van der Waals surface area contributed by atoms with Crippen molar-refractivity contribution in [3.05, 3.63) is 41.7 Å². The summed E-state index contributed by atoms with van der Waals surface area (Å²) in [6.07, 6.45) is 1.45. The van der Waals surface area contributed by atoms with E-state index in [-0.39, 0.29) is 24.6 Å². The van der Waals surface area contributed by atoms with Gasteiger partial charge in [-0.15, -0.1) is 0 Å². The van der Waals surface area contributed by atoms with Crippen LogP contribution in [0.5, 0.6) is 5.75 Å². The number of ether oxygens (including phenoxy) is 1. The minimum atomic E-state index is -0.483. The van der Waals surface area contributed by atoms with Crippen LogP contribution in [0.4, 0.5) is 4.39 Å². The topological polar surface area (TPSA) is 79.9 Å². The number of aromatic nitrogens is 3. The van der Waals surface area contributed by atoms with Gasteiger partial charge in [0.15, 0.2) is 11.6 Å². The predicted octanol–water partition coefficient (Wildman–Crippen LogP) is 0.811. The molecule has 0 fully saturated rings. The molecule has 19 heavy (non-hydrogen) atoms. The molecule has 1 aromatic heterocycles. The van der Waals surface area contributed by atoms with Crippen LogP contribution in [0.15, 0.2) is 24.5 Å². The van der Waals surface area contributed by atoms with Gasteiger partial charge in [0.2, 0.25) is 5.91 Å². The number of methoxy groups -OCH3 is 1. The standard InChI is InChI=1S/C12H13FN4O2/c1-19-10-3-2-8(4-9(10)13)5-12(18)14-6-11-15-7-16-17-11/h2-4,7H,5-6H2,1H3,(H,14,18)(H,15,16,17). The lowest BCUT2D eigenvalue weighted by molar-refractivity contribution is -0.120. The largest absolute Gasteiger partial charge is 0.494 e. The van der Waals surface area contributed by atoms with Gasteiger partial charge >= 0.3 is 0 Å². The first-order valence-corrected chi connectivity index (χ1v) is 5.62. The summed E-state index contributed by atoms with van der Waals surface area (Å²) in [5.41, 5.74) is 0.577. The van der Waals surface area contributed by atoms with Crippen molar-refractivity contribution in [2.45, 2.75) is 13.0 Å². The number of carbonyl (C=O) groups is 1. The Bertz CT molecular complexity index is 557. The van der Waals surface area contributed by atoms with Gasteiger partial charge < -0.3 is 10.1 Å². The summed E-state index contributed by atoms with van der Waals surface area (Å²) >= 11 is 0. The summed E-state index contributed by atoms with van der Waals surface area (Å²) in [7, 11) is 1.39. The fourth-order valence-corrected chi connectivity index (χ4v) is 1.57. The predicted molar refractivity (Wildman–Crippen MR) is 64.9 cm³/mol. The van der Waals surface area contributed by atoms with Crippen LogP contribution in [0, 0.1) is 5.82 Å². The Labute approximate surface area is 109 Å². The number of rotatable bonds is 5. The second kappa shape index (κ2) is 5.94. The number of halogens is 1. The summed E-state index contributed by atoms with van der Waals surface area (Å²) in [6.45, 7) is 0.261. The van der Waals surface area contributed by atoms with E-state index in [9.17, 15) is 9.18 Å². The van der Waals surface area contributed by atoms with Crippen LogP contribution in [0.25, 0.3) is 0 Å². The molecule has 2 aromatic rings. The Balaban J connectivity index is 1.90. The van der Waals surface area contributed by atoms with Crippen LogP contribution in [0.3, 0.4) is 0 Å². The second-order valence-electron chi connectivity index (χ2n) is 3.85. The van der Waals surface area contributed by atoms with Crippen molar-refractivity contribution in [2.24, 2.45) is 0 Å². The lowest BCUT2D eigenvalue weighted by Crippen LogP contribution is -2.25. The Morgan fingerprint density at radius 2 is 2.37 bits per heavy atom. The summed E-state index contributed by atoms with van der Waals surface area (Å²) < 4.78 is 18.2. The highest BCUT2D eigenvalue weighted by molar-refractivity contribution is 5.78. The van der Waals surface area contributed by atoms with Crippen molar-refractivity contribution in [3.8, 4) is 5.75 Å². The van der Waals surface area contributed by atoms with Crippen molar-refractivity contribution < 1.29 is 13.9 Å². The molecule has 1 heterocycles. The molecule has 0 aliphatic heterocycles. The van der Waals surface area contributed by atoms with Crippen molar-refractivity contribution in [1.82, 2.24) is 20.5 Å². The van der Waals surface area contributed by atoms with E-state index in [0.29, 0.717) is 11.4 Å². The monoisotopic (exact) mass is 264 g/mol. The molecule has 0 aliphatic rings. The normalized spacial score (nSPS) is 10.2. The lowest BCUT2D eigenvalue weighted by Gasteiger charge is -2.06. The van der Waals surface area contributed by atoms with E-state index >= 15 is 0 Å². The minimum absolute atomic E-state index is 0.0923. The summed E-state index contributed by atoms with van der Waals surface area (Å²) in [5.74, 6) is 0.0177. The summed E-state index contributed by atoms with van der Waals surface area (Å²) in [4.78, 5) is 15.5. The molecule has 0 radical (unpaired) electrons. The maximum atomic E-state index is 13.4. The maximum absolute atomic E-state index is 13.4. The van der Waals surface area contributed by atoms with Crippen molar-refractivity contribution >= 4 is 5.91 Å². The van der Waals surface area contributed by atoms with E-state index in [0.717, 1.165) is 0 Å². The van der Waals surface area contributed by atoms with Crippen molar-refractivity contribution in [2.75, 3.05) is 7.11 Å². The fraction of sp³-hybridized carbons (Fsp3) is 0.250. The van der Waals surface area contributed by atoms with Crippen LogP contribution in [-0.2, 0) is 17.8 Å². The van der Waals surface area contributed by atoms with Crippen molar-refractivity contribution in [1.29, 1.82) is 0 Å². The van der Waals surface area contributed by atoms with E-state index in [1.54, 1.807) is 6.07 Å². The van der Waals surface area contributed by atoms with E-state index in [4.69, 9.17) is 4.74 Å². The number of nitrogens with zero attached hydrogens (tertiary/aromatic N) is 2. The van der Waals surface area contributed by atoms with Crippen LogP contribution >= 0.6 is 0 Å². The van der Waals surface area contributed by atoms with Gasteiger partial charge in [-0.05, 0) is 17.7 Å². The van der Waals surface area contributed by atoms with Gasteiger partial charge in [0.1, 0.15) is 12.2 Å². The Morgan fingerprint density at radius 1 is 1.53 bits per heavy atom. The molecule has 0 aliphatic carbocycles. The quantitative estimate of drug-likeness (QED) is 0.837. The molecular weight excluding hydrogens is 251 g/mol. The number of benzene rings is 1. The number of carbonyl (C=O) groups excluding carboxylic acids is 1. The molecule has 6 nitrogen and oxygen atoms in total. The molecule has 1 amide bonds. The van der Waals surface area contributed by atoms with E-state index in [2.05, 4.69) is 20.5 Å². The van der Waals surface area contributed by atoms with Gasteiger partial charge in [-0.25, -0.2) is 9.37 Å². The van der Waals surface area contributed by atoms with Gasteiger partial charge in [0.05, 0.1) is 20.1 Å². The molecule has 2 rings (SSSR count). The molecule has 0 spiro atoms. The van der Waals surface area contributed by atoms with Crippen molar-refractivity contribution in [3.63, 3.8) is 0 Å². The maximum Gasteiger partial charge on any atom is 0.224 e. The molecule has 0 bridgehead atoms. The number of nitrogens with one attached hydrogen (secondary N) is 2. The smallest absolute Gasteiger partial charge is 0.224 e. The fourth-order valence-electron chi connectivity index (χ4n) is 1.57. The summed E-state index contributed by atoms with van der Waals surface area (Å²) in [5, 5.41) is 8.95. The van der Waals surface area contributed by atoms with E-state index in [1.807, 2.05) is 0 Å². The average molecular weight is 264 g/mol. The van der Waals surface area contributed by atoms with Crippen LogP contribution < -0.4 is 10.1 Å². The highest BCUT2D eigenvalue weighted by Gasteiger charge is 2.08. The average Bonchev–Trinajstić information content (AvgIpc) is 2.90. The molecule has 0 saturated heterocycles. The second-order valence-corrected chi connectivity index (χ2v) is 3.85. The highest BCUT2D eigenvalue weighted by Crippen LogP contribution is 2.17. The Kier molecular flexibility index (Phi) is 4.07.